The number of hydrogen-bond donors (Lipinski definition) is 0. The van der Waals surface area contributed by atoms with Gasteiger partial charge in [-0.1, -0.05) is 45.5 Å². The van der Waals surface area contributed by atoms with E-state index in [1.54, 1.807) is 0 Å². The second-order valence-corrected chi connectivity index (χ2v) is 5.18. The highest BCUT2D eigenvalue weighted by molar-refractivity contribution is 5.10. The van der Waals surface area contributed by atoms with Crippen LogP contribution in [-0.2, 0) is 0 Å². The standard InChI is InChI=1S/C16H29N/c1-3-5-7-8-9-10-12-16-13-11-15-17(16)14-6-4-2/h16H,3-9,11,13-15H2,1-2H3. The lowest BCUT2D eigenvalue weighted by atomic mass is 10.1. The number of hydrogen-bond acceptors (Lipinski definition) is 1. The highest BCUT2D eigenvalue weighted by atomic mass is 15.2. The first-order valence-electron chi connectivity index (χ1n) is 7.61. The molecule has 17 heavy (non-hydrogen) atoms. The molecule has 0 saturated carbocycles. The average molecular weight is 235 g/mol. The van der Waals surface area contributed by atoms with Crippen molar-refractivity contribution in [1.29, 1.82) is 0 Å². The van der Waals surface area contributed by atoms with Crippen LogP contribution in [-0.4, -0.2) is 24.0 Å². The van der Waals surface area contributed by atoms with Gasteiger partial charge in [0.15, 0.2) is 0 Å². The summed E-state index contributed by atoms with van der Waals surface area (Å²) in [6, 6.07) is 0.577. The van der Waals surface area contributed by atoms with Gasteiger partial charge in [0, 0.05) is 6.42 Å². The van der Waals surface area contributed by atoms with Gasteiger partial charge in [-0.25, -0.2) is 0 Å². The van der Waals surface area contributed by atoms with E-state index in [9.17, 15) is 0 Å². The van der Waals surface area contributed by atoms with Crippen molar-refractivity contribution in [3.05, 3.63) is 0 Å². The normalized spacial score (nSPS) is 20.2. The summed E-state index contributed by atoms with van der Waals surface area (Å²) in [5.74, 6) is 6.89. The second kappa shape index (κ2) is 9.54. The molecule has 0 N–H and O–H groups in total. The summed E-state index contributed by atoms with van der Waals surface area (Å²) in [5.41, 5.74) is 0. The minimum Gasteiger partial charge on any atom is -0.290 e. The quantitative estimate of drug-likeness (QED) is 0.471. The van der Waals surface area contributed by atoms with Crippen molar-refractivity contribution in [2.75, 3.05) is 13.1 Å². The zero-order valence-electron chi connectivity index (χ0n) is 11.8. The molecule has 1 heterocycles. The molecule has 0 aromatic heterocycles. The molecule has 0 amide bonds. The van der Waals surface area contributed by atoms with Crippen LogP contribution in [0.3, 0.4) is 0 Å². The van der Waals surface area contributed by atoms with Gasteiger partial charge in [0.25, 0.3) is 0 Å². The van der Waals surface area contributed by atoms with Crippen molar-refractivity contribution in [1.82, 2.24) is 4.90 Å². The van der Waals surface area contributed by atoms with Gasteiger partial charge in [-0.05, 0) is 38.8 Å². The molecule has 1 heteroatoms. The number of likely N-dealkylation sites (tertiary alicyclic amines) is 1. The number of rotatable bonds is 7. The van der Waals surface area contributed by atoms with Crippen LogP contribution in [0.25, 0.3) is 0 Å². The molecule has 1 atom stereocenters. The summed E-state index contributed by atoms with van der Waals surface area (Å²) in [4.78, 5) is 2.59. The van der Waals surface area contributed by atoms with E-state index in [0.29, 0.717) is 6.04 Å². The molecule has 1 saturated heterocycles. The maximum Gasteiger partial charge on any atom is 0.0715 e. The van der Waals surface area contributed by atoms with E-state index in [0.717, 1.165) is 6.42 Å². The topological polar surface area (TPSA) is 3.24 Å². The second-order valence-electron chi connectivity index (χ2n) is 5.18. The molecule has 0 aromatic carbocycles. The molecule has 1 rings (SSSR count). The van der Waals surface area contributed by atoms with Gasteiger partial charge >= 0.3 is 0 Å². The van der Waals surface area contributed by atoms with Crippen LogP contribution >= 0.6 is 0 Å². The molecular weight excluding hydrogens is 206 g/mol. The van der Waals surface area contributed by atoms with Crippen LogP contribution in [0.15, 0.2) is 0 Å². The zero-order chi connectivity index (χ0) is 12.3. The summed E-state index contributed by atoms with van der Waals surface area (Å²) >= 11 is 0. The maximum absolute atomic E-state index is 3.49. The Morgan fingerprint density at radius 3 is 2.65 bits per heavy atom. The Labute approximate surface area is 108 Å². The zero-order valence-corrected chi connectivity index (χ0v) is 11.8. The molecule has 98 valence electrons. The van der Waals surface area contributed by atoms with Crippen LogP contribution < -0.4 is 0 Å². The molecule has 0 aliphatic carbocycles. The third-order valence-corrected chi connectivity index (χ3v) is 3.59. The van der Waals surface area contributed by atoms with E-state index in [1.807, 2.05) is 0 Å². The lowest BCUT2D eigenvalue weighted by molar-refractivity contribution is 0.291. The van der Waals surface area contributed by atoms with Crippen molar-refractivity contribution in [2.45, 2.75) is 77.7 Å². The molecule has 1 aliphatic rings. The van der Waals surface area contributed by atoms with Crippen molar-refractivity contribution in [3.8, 4) is 11.8 Å². The number of nitrogens with zero attached hydrogens (tertiary/aromatic N) is 1. The molecule has 0 radical (unpaired) electrons. The van der Waals surface area contributed by atoms with Crippen molar-refractivity contribution >= 4 is 0 Å². The SMILES string of the molecule is CCCCCCC#CC1CCCN1CCCC. The van der Waals surface area contributed by atoms with Crippen LogP contribution in [0.2, 0.25) is 0 Å². The van der Waals surface area contributed by atoms with Gasteiger partial charge in [-0.2, -0.15) is 0 Å². The maximum atomic E-state index is 3.49. The smallest absolute Gasteiger partial charge is 0.0715 e. The molecular formula is C16H29N. The highest BCUT2D eigenvalue weighted by Gasteiger charge is 2.21. The Kier molecular flexibility index (Phi) is 8.18. The molecule has 1 aliphatic heterocycles. The largest absolute Gasteiger partial charge is 0.290 e. The Bertz CT molecular complexity index is 236. The minimum absolute atomic E-state index is 0.577. The summed E-state index contributed by atoms with van der Waals surface area (Å²) in [5, 5.41) is 0. The molecule has 0 bridgehead atoms. The van der Waals surface area contributed by atoms with E-state index < -0.39 is 0 Å². The van der Waals surface area contributed by atoms with Gasteiger partial charge < -0.3 is 0 Å². The predicted molar refractivity (Wildman–Crippen MR) is 76.0 cm³/mol. The predicted octanol–water partition coefficient (Wildman–Crippen LogP) is 4.22. The Hall–Kier alpha value is -0.480. The molecule has 0 spiro atoms. The van der Waals surface area contributed by atoms with Crippen molar-refractivity contribution < 1.29 is 0 Å². The van der Waals surface area contributed by atoms with Crippen molar-refractivity contribution in [2.24, 2.45) is 0 Å². The van der Waals surface area contributed by atoms with Gasteiger partial charge in [0.2, 0.25) is 0 Å². The van der Waals surface area contributed by atoms with Crippen LogP contribution in [0.5, 0.6) is 0 Å². The van der Waals surface area contributed by atoms with E-state index >= 15 is 0 Å². The van der Waals surface area contributed by atoms with Crippen LogP contribution in [0.1, 0.15) is 71.6 Å². The fourth-order valence-electron chi connectivity index (χ4n) is 2.45. The fourth-order valence-corrected chi connectivity index (χ4v) is 2.45. The first kappa shape index (κ1) is 14.6. The average Bonchev–Trinajstić information content (AvgIpc) is 2.78. The lowest BCUT2D eigenvalue weighted by Gasteiger charge is -2.19. The highest BCUT2D eigenvalue weighted by Crippen LogP contribution is 2.17. The first-order chi connectivity index (χ1) is 8.38. The molecule has 1 fully saturated rings. The van der Waals surface area contributed by atoms with E-state index in [-0.39, 0.29) is 0 Å². The summed E-state index contributed by atoms with van der Waals surface area (Å²) in [7, 11) is 0. The molecule has 1 nitrogen and oxygen atoms in total. The summed E-state index contributed by atoms with van der Waals surface area (Å²) < 4.78 is 0. The monoisotopic (exact) mass is 235 g/mol. The summed E-state index contributed by atoms with van der Waals surface area (Å²) in [6.45, 7) is 7.06. The van der Waals surface area contributed by atoms with E-state index in [1.165, 1.54) is 64.5 Å². The Morgan fingerprint density at radius 2 is 1.88 bits per heavy atom. The Morgan fingerprint density at radius 1 is 1.06 bits per heavy atom. The summed E-state index contributed by atoms with van der Waals surface area (Å²) in [6.07, 6.45) is 11.7. The van der Waals surface area contributed by atoms with Crippen molar-refractivity contribution in [3.63, 3.8) is 0 Å². The number of unbranched alkanes of at least 4 members (excludes halogenated alkanes) is 5. The fraction of sp³-hybridized carbons (Fsp3) is 0.875. The van der Waals surface area contributed by atoms with Crippen LogP contribution in [0, 0.1) is 11.8 Å². The van der Waals surface area contributed by atoms with Gasteiger partial charge in [-0.3, -0.25) is 4.90 Å². The first-order valence-corrected chi connectivity index (χ1v) is 7.61. The lowest BCUT2D eigenvalue weighted by Crippen LogP contribution is -2.29. The van der Waals surface area contributed by atoms with Gasteiger partial charge in [0.1, 0.15) is 0 Å². The van der Waals surface area contributed by atoms with Gasteiger partial charge in [-0.15, -0.1) is 5.92 Å². The third kappa shape index (κ3) is 6.13. The molecule has 1 unspecified atom stereocenters. The van der Waals surface area contributed by atoms with E-state index in [2.05, 4.69) is 30.6 Å². The van der Waals surface area contributed by atoms with E-state index in [4.69, 9.17) is 0 Å². The third-order valence-electron chi connectivity index (χ3n) is 3.59. The molecule has 0 aromatic rings. The van der Waals surface area contributed by atoms with Crippen LogP contribution in [0.4, 0.5) is 0 Å². The van der Waals surface area contributed by atoms with Gasteiger partial charge in [0.05, 0.1) is 6.04 Å². The Balaban J connectivity index is 2.17. The minimum atomic E-state index is 0.577.